The number of carbonyl (C=O) groups is 1. The topological polar surface area (TPSA) is 53.4 Å². The van der Waals surface area contributed by atoms with Gasteiger partial charge in [-0.3, -0.25) is 9.78 Å². The molecule has 2 heterocycles. The number of nitrogens with zero attached hydrogens (tertiary/aromatic N) is 2. The fourth-order valence-corrected chi connectivity index (χ4v) is 2.52. The lowest BCUT2D eigenvalue weighted by molar-refractivity contribution is 0.0743. The Morgan fingerprint density at radius 3 is 2.95 bits per heavy atom. The molecule has 19 heavy (non-hydrogen) atoms. The van der Waals surface area contributed by atoms with E-state index in [2.05, 4.69) is 30.7 Å². The standard InChI is InChI=1S/C15H18N2O2/c1-11-6-12(2)17(10-11)15(19)14-7-13(4-3-5-18)8-16-9-14/h7-9,11-12,18H,5-6,10H2,1-2H3. The van der Waals surface area contributed by atoms with Crippen molar-refractivity contribution in [1.82, 2.24) is 9.88 Å². The first-order valence-electron chi connectivity index (χ1n) is 6.47. The van der Waals surface area contributed by atoms with Crippen LogP contribution in [0.5, 0.6) is 0 Å². The zero-order valence-electron chi connectivity index (χ0n) is 11.3. The van der Waals surface area contributed by atoms with Crippen LogP contribution in [-0.2, 0) is 0 Å². The monoisotopic (exact) mass is 258 g/mol. The van der Waals surface area contributed by atoms with Crippen LogP contribution >= 0.6 is 0 Å². The Balaban J connectivity index is 2.19. The van der Waals surface area contributed by atoms with E-state index in [1.54, 1.807) is 18.5 Å². The first kappa shape index (κ1) is 13.6. The van der Waals surface area contributed by atoms with Crippen LogP contribution in [-0.4, -0.2) is 40.1 Å². The number of pyridine rings is 1. The summed E-state index contributed by atoms with van der Waals surface area (Å²) in [5.74, 6) is 5.88. The van der Waals surface area contributed by atoms with E-state index in [1.807, 2.05) is 4.90 Å². The summed E-state index contributed by atoms with van der Waals surface area (Å²) in [4.78, 5) is 18.4. The number of rotatable bonds is 1. The minimum absolute atomic E-state index is 0.0111. The molecule has 1 aromatic rings. The van der Waals surface area contributed by atoms with Crippen molar-refractivity contribution in [1.29, 1.82) is 0 Å². The highest BCUT2D eigenvalue weighted by molar-refractivity contribution is 5.94. The third-order valence-corrected chi connectivity index (χ3v) is 3.34. The van der Waals surface area contributed by atoms with E-state index < -0.39 is 0 Å². The van der Waals surface area contributed by atoms with Gasteiger partial charge in [-0.05, 0) is 25.3 Å². The Labute approximate surface area is 113 Å². The third kappa shape index (κ3) is 3.12. The van der Waals surface area contributed by atoms with Gasteiger partial charge in [-0.25, -0.2) is 0 Å². The second-order valence-corrected chi connectivity index (χ2v) is 5.07. The van der Waals surface area contributed by atoms with Gasteiger partial charge >= 0.3 is 0 Å². The maximum absolute atomic E-state index is 12.4. The summed E-state index contributed by atoms with van der Waals surface area (Å²) >= 11 is 0. The van der Waals surface area contributed by atoms with E-state index in [0.717, 1.165) is 13.0 Å². The first-order valence-corrected chi connectivity index (χ1v) is 6.47. The number of hydrogen-bond donors (Lipinski definition) is 1. The van der Waals surface area contributed by atoms with Gasteiger partial charge in [0, 0.05) is 30.5 Å². The summed E-state index contributed by atoms with van der Waals surface area (Å²) in [6, 6.07) is 2.00. The zero-order chi connectivity index (χ0) is 13.8. The van der Waals surface area contributed by atoms with Gasteiger partial charge in [0.05, 0.1) is 5.56 Å². The molecule has 1 N–H and O–H groups in total. The van der Waals surface area contributed by atoms with Crippen LogP contribution in [0.3, 0.4) is 0 Å². The van der Waals surface area contributed by atoms with Gasteiger partial charge in [0.1, 0.15) is 6.61 Å². The molecule has 4 heteroatoms. The normalized spacial score (nSPS) is 21.9. The molecule has 4 nitrogen and oxygen atoms in total. The molecular weight excluding hydrogens is 240 g/mol. The van der Waals surface area contributed by atoms with Gasteiger partial charge in [0.2, 0.25) is 0 Å². The number of aromatic nitrogens is 1. The van der Waals surface area contributed by atoms with Gasteiger partial charge in [-0.1, -0.05) is 18.8 Å². The minimum Gasteiger partial charge on any atom is -0.384 e. The van der Waals surface area contributed by atoms with Crippen LogP contribution < -0.4 is 0 Å². The highest BCUT2D eigenvalue weighted by Gasteiger charge is 2.30. The number of amides is 1. The molecule has 2 atom stereocenters. The van der Waals surface area contributed by atoms with Gasteiger partial charge in [-0.2, -0.15) is 0 Å². The second-order valence-electron chi connectivity index (χ2n) is 5.07. The van der Waals surface area contributed by atoms with Crippen molar-refractivity contribution in [2.75, 3.05) is 13.2 Å². The van der Waals surface area contributed by atoms with Gasteiger partial charge in [-0.15, -0.1) is 0 Å². The van der Waals surface area contributed by atoms with Crippen molar-refractivity contribution in [2.45, 2.75) is 26.3 Å². The summed E-state index contributed by atoms with van der Waals surface area (Å²) in [5.41, 5.74) is 1.21. The molecule has 0 bridgehead atoms. The van der Waals surface area contributed by atoms with E-state index in [4.69, 9.17) is 5.11 Å². The van der Waals surface area contributed by atoms with Gasteiger partial charge < -0.3 is 10.0 Å². The lowest BCUT2D eigenvalue weighted by Crippen LogP contribution is -2.34. The maximum Gasteiger partial charge on any atom is 0.255 e. The molecular formula is C15H18N2O2. The molecule has 0 aromatic carbocycles. The van der Waals surface area contributed by atoms with Crippen molar-refractivity contribution >= 4 is 5.91 Å². The van der Waals surface area contributed by atoms with Gasteiger partial charge in [0.15, 0.2) is 0 Å². The largest absolute Gasteiger partial charge is 0.384 e. The fraction of sp³-hybridized carbons (Fsp3) is 0.467. The summed E-state index contributed by atoms with van der Waals surface area (Å²) < 4.78 is 0. The molecule has 100 valence electrons. The Morgan fingerprint density at radius 1 is 1.53 bits per heavy atom. The second kappa shape index (κ2) is 5.85. The van der Waals surface area contributed by atoms with E-state index >= 15 is 0 Å². The number of carbonyl (C=O) groups excluding carboxylic acids is 1. The molecule has 1 aromatic heterocycles. The molecule has 2 rings (SSSR count). The van der Waals surface area contributed by atoms with Crippen molar-refractivity contribution in [2.24, 2.45) is 5.92 Å². The Morgan fingerprint density at radius 2 is 2.32 bits per heavy atom. The number of likely N-dealkylation sites (tertiary alicyclic amines) is 1. The molecule has 1 aliphatic rings. The SMILES string of the molecule is CC1CC(C)N(C(=O)c2cncc(C#CCO)c2)C1. The van der Waals surface area contributed by atoms with Gasteiger partial charge in [0.25, 0.3) is 5.91 Å². The third-order valence-electron chi connectivity index (χ3n) is 3.34. The molecule has 1 amide bonds. The Kier molecular flexibility index (Phi) is 4.18. The predicted molar refractivity (Wildman–Crippen MR) is 72.5 cm³/mol. The summed E-state index contributed by atoms with van der Waals surface area (Å²) in [6.45, 7) is 4.83. The molecule has 0 spiro atoms. The molecule has 2 unspecified atom stereocenters. The van der Waals surface area contributed by atoms with Crippen molar-refractivity contribution in [3.8, 4) is 11.8 Å². The van der Waals surface area contributed by atoms with Crippen molar-refractivity contribution in [3.63, 3.8) is 0 Å². The van der Waals surface area contributed by atoms with E-state index in [9.17, 15) is 4.79 Å². The Bertz CT molecular complexity index is 530. The molecule has 0 radical (unpaired) electrons. The highest BCUT2D eigenvalue weighted by Crippen LogP contribution is 2.24. The van der Waals surface area contributed by atoms with Crippen LogP contribution in [0.25, 0.3) is 0 Å². The maximum atomic E-state index is 12.4. The Hall–Kier alpha value is -1.86. The molecule has 0 saturated carbocycles. The van der Waals surface area contributed by atoms with Crippen LogP contribution in [0.4, 0.5) is 0 Å². The van der Waals surface area contributed by atoms with Crippen LogP contribution in [0.2, 0.25) is 0 Å². The number of aliphatic hydroxyl groups excluding tert-OH is 1. The average Bonchev–Trinajstić information content (AvgIpc) is 2.75. The number of aliphatic hydroxyl groups is 1. The van der Waals surface area contributed by atoms with Crippen molar-refractivity contribution in [3.05, 3.63) is 29.6 Å². The average molecular weight is 258 g/mol. The predicted octanol–water partition coefficient (Wildman–Crippen LogP) is 1.30. The summed E-state index contributed by atoms with van der Waals surface area (Å²) in [5, 5.41) is 8.67. The van der Waals surface area contributed by atoms with Crippen LogP contribution in [0, 0.1) is 17.8 Å². The van der Waals surface area contributed by atoms with Crippen LogP contribution in [0.15, 0.2) is 18.5 Å². The lowest BCUT2D eigenvalue weighted by atomic mass is 10.1. The summed E-state index contributed by atoms with van der Waals surface area (Å²) in [7, 11) is 0. The molecule has 1 fully saturated rings. The highest BCUT2D eigenvalue weighted by atomic mass is 16.2. The molecule has 1 aliphatic heterocycles. The molecule has 0 aliphatic carbocycles. The molecule has 1 saturated heterocycles. The van der Waals surface area contributed by atoms with Crippen molar-refractivity contribution < 1.29 is 9.90 Å². The van der Waals surface area contributed by atoms with E-state index in [-0.39, 0.29) is 18.6 Å². The van der Waals surface area contributed by atoms with Crippen LogP contribution in [0.1, 0.15) is 36.2 Å². The first-order chi connectivity index (χ1) is 9.11. The smallest absolute Gasteiger partial charge is 0.255 e. The zero-order valence-corrected chi connectivity index (χ0v) is 11.3. The number of hydrogen-bond acceptors (Lipinski definition) is 3. The summed E-state index contributed by atoms with van der Waals surface area (Å²) in [6.07, 6.45) is 4.21. The van der Waals surface area contributed by atoms with E-state index in [1.165, 1.54) is 0 Å². The fourth-order valence-electron chi connectivity index (χ4n) is 2.52. The quantitative estimate of drug-likeness (QED) is 0.772. The lowest BCUT2D eigenvalue weighted by Gasteiger charge is -2.21. The van der Waals surface area contributed by atoms with E-state index in [0.29, 0.717) is 17.0 Å². The minimum atomic E-state index is -0.196.